The molecule has 4 rings (SSSR count). The van der Waals surface area contributed by atoms with E-state index in [1.165, 1.54) is 0 Å². The average Bonchev–Trinajstić information content (AvgIpc) is 3.25. The molecule has 128 valence electrons. The molecule has 0 atom stereocenters. The van der Waals surface area contributed by atoms with Crippen LogP contribution in [0.1, 0.15) is 0 Å². The van der Waals surface area contributed by atoms with E-state index in [1.54, 1.807) is 22.9 Å². The molecule has 0 saturated heterocycles. The third kappa shape index (κ3) is 3.32. The summed E-state index contributed by atoms with van der Waals surface area (Å²) in [5.41, 5.74) is 1.59. The van der Waals surface area contributed by atoms with Crippen LogP contribution in [0.3, 0.4) is 0 Å². The Morgan fingerprint density at radius 1 is 1.20 bits per heavy atom. The van der Waals surface area contributed by atoms with E-state index < -0.39 is 0 Å². The predicted octanol–water partition coefficient (Wildman–Crippen LogP) is 1.36. The fourth-order valence-electron chi connectivity index (χ4n) is 2.55. The van der Waals surface area contributed by atoms with Crippen molar-refractivity contribution in [1.82, 2.24) is 20.3 Å². The van der Waals surface area contributed by atoms with Gasteiger partial charge in [-0.2, -0.15) is 0 Å². The number of nitrogens with zero attached hydrogens (tertiary/aromatic N) is 3. The van der Waals surface area contributed by atoms with Gasteiger partial charge in [0.1, 0.15) is 24.4 Å². The largest absolute Gasteiger partial charge is 0.492 e. The standard InChI is InChI=1S/C17H16N4O4/c22-17(10-21-14-4-2-1-3-13(14)19-20-21)18-7-8-23-12-5-6-15-16(9-12)25-11-24-15/h1-6,9H,7-8,10-11H2,(H,18,22). The summed E-state index contributed by atoms with van der Waals surface area (Å²) >= 11 is 0. The van der Waals surface area contributed by atoms with Crippen LogP contribution >= 0.6 is 0 Å². The van der Waals surface area contributed by atoms with Crippen molar-refractivity contribution in [3.05, 3.63) is 42.5 Å². The van der Waals surface area contributed by atoms with Crippen molar-refractivity contribution in [2.75, 3.05) is 19.9 Å². The van der Waals surface area contributed by atoms with E-state index >= 15 is 0 Å². The van der Waals surface area contributed by atoms with Gasteiger partial charge in [-0.3, -0.25) is 4.79 Å². The smallest absolute Gasteiger partial charge is 0.241 e. The van der Waals surface area contributed by atoms with Gasteiger partial charge in [-0.05, 0) is 24.3 Å². The van der Waals surface area contributed by atoms with Gasteiger partial charge in [0, 0.05) is 6.07 Å². The molecule has 1 N–H and O–H groups in total. The maximum Gasteiger partial charge on any atom is 0.241 e. The number of aromatic nitrogens is 3. The zero-order chi connectivity index (χ0) is 17.1. The van der Waals surface area contributed by atoms with Crippen molar-refractivity contribution >= 4 is 16.9 Å². The number of ether oxygens (including phenoxy) is 3. The molecule has 0 unspecified atom stereocenters. The summed E-state index contributed by atoms with van der Waals surface area (Å²) in [6.07, 6.45) is 0. The Morgan fingerprint density at radius 3 is 3.04 bits per heavy atom. The van der Waals surface area contributed by atoms with Crippen LogP contribution in [0.2, 0.25) is 0 Å². The third-order valence-electron chi connectivity index (χ3n) is 3.75. The summed E-state index contributed by atoms with van der Waals surface area (Å²) in [5, 5.41) is 10.8. The first-order chi connectivity index (χ1) is 12.3. The topological polar surface area (TPSA) is 87.5 Å². The summed E-state index contributed by atoms with van der Waals surface area (Å²) < 4.78 is 17.7. The van der Waals surface area contributed by atoms with E-state index in [4.69, 9.17) is 14.2 Å². The van der Waals surface area contributed by atoms with E-state index in [1.807, 2.05) is 24.3 Å². The lowest BCUT2D eigenvalue weighted by Gasteiger charge is -2.08. The summed E-state index contributed by atoms with van der Waals surface area (Å²) in [5.74, 6) is 1.89. The van der Waals surface area contributed by atoms with Crippen molar-refractivity contribution in [2.24, 2.45) is 0 Å². The monoisotopic (exact) mass is 340 g/mol. The van der Waals surface area contributed by atoms with E-state index in [2.05, 4.69) is 15.6 Å². The van der Waals surface area contributed by atoms with Gasteiger partial charge in [0.2, 0.25) is 12.7 Å². The molecule has 1 amide bonds. The second-order valence-corrected chi connectivity index (χ2v) is 5.45. The minimum absolute atomic E-state index is 0.116. The van der Waals surface area contributed by atoms with Crippen molar-refractivity contribution in [1.29, 1.82) is 0 Å². The molecule has 0 spiro atoms. The molecule has 0 saturated carbocycles. The lowest BCUT2D eigenvalue weighted by molar-refractivity contribution is -0.121. The number of carbonyl (C=O) groups is 1. The Hall–Kier alpha value is -3.29. The summed E-state index contributed by atoms with van der Waals surface area (Å²) in [6.45, 7) is 1.08. The van der Waals surface area contributed by atoms with Crippen LogP contribution in [-0.4, -0.2) is 40.8 Å². The van der Waals surface area contributed by atoms with Gasteiger partial charge in [0.05, 0.1) is 12.1 Å². The average molecular weight is 340 g/mol. The Bertz CT molecular complexity index is 909. The van der Waals surface area contributed by atoms with Gasteiger partial charge in [-0.15, -0.1) is 5.10 Å². The zero-order valence-corrected chi connectivity index (χ0v) is 13.3. The van der Waals surface area contributed by atoms with Crippen molar-refractivity contribution in [2.45, 2.75) is 6.54 Å². The summed E-state index contributed by atoms with van der Waals surface area (Å²) in [6, 6.07) is 12.9. The van der Waals surface area contributed by atoms with Gasteiger partial charge in [0.25, 0.3) is 0 Å². The second kappa shape index (κ2) is 6.68. The Labute approximate surface area is 143 Å². The minimum atomic E-state index is -0.148. The SMILES string of the molecule is O=C(Cn1nnc2ccccc21)NCCOc1ccc2c(c1)OCO2. The zero-order valence-electron chi connectivity index (χ0n) is 13.3. The first kappa shape index (κ1) is 15.3. The first-order valence-electron chi connectivity index (χ1n) is 7.87. The molecule has 2 heterocycles. The van der Waals surface area contributed by atoms with Gasteiger partial charge in [-0.25, -0.2) is 4.68 Å². The van der Waals surface area contributed by atoms with Gasteiger partial charge >= 0.3 is 0 Å². The Balaban J connectivity index is 1.25. The highest BCUT2D eigenvalue weighted by Crippen LogP contribution is 2.34. The van der Waals surface area contributed by atoms with E-state index in [0.717, 1.165) is 11.0 Å². The fourth-order valence-corrected chi connectivity index (χ4v) is 2.55. The number of benzene rings is 2. The van der Waals surface area contributed by atoms with Crippen molar-refractivity contribution in [3.8, 4) is 17.2 Å². The molecule has 0 bridgehead atoms. The highest BCUT2D eigenvalue weighted by molar-refractivity contribution is 5.79. The number of carbonyl (C=O) groups excluding carboxylic acids is 1. The lowest BCUT2D eigenvalue weighted by atomic mass is 10.3. The molecule has 0 aliphatic carbocycles. The molecule has 8 nitrogen and oxygen atoms in total. The number of para-hydroxylation sites is 1. The van der Waals surface area contributed by atoms with E-state index in [0.29, 0.717) is 30.4 Å². The molecule has 1 aromatic heterocycles. The van der Waals surface area contributed by atoms with E-state index in [-0.39, 0.29) is 19.2 Å². The second-order valence-electron chi connectivity index (χ2n) is 5.45. The Kier molecular flexibility index (Phi) is 4.07. The van der Waals surface area contributed by atoms with Crippen LogP contribution < -0.4 is 19.5 Å². The molecule has 25 heavy (non-hydrogen) atoms. The minimum Gasteiger partial charge on any atom is -0.492 e. The van der Waals surface area contributed by atoms with Crippen LogP contribution in [0.4, 0.5) is 0 Å². The maximum atomic E-state index is 12.0. The Morgan fingerprint density at radius 2 is 2.08 bits per heavy atom. The van der Waals surface area contributed by atoms with Crippen LogP contribution in [-0.2, 0) is 11.3 Å². The highest BCUT2D eigenvalue weighted by Gasteiger charge is 2.13. The molecular formula is C17H16N4O4. The number of hydrogen-bond donors (Lipinski definition) is 1. The number of hydrogen-bond acceptors (Lipinski definition) is 6. The van der Waals surface area contributed by atoms with Gasteiger partial charge in [0.15, 0.2) is 11.5 Å². The number of rotatable bonds is 6. The molecule has 3 aromatic rings. The third-order valence-corrected chi connectivity index (χ3v) is 3.75. The van der Waals surface area contributed by atoms with Crippen LogP contribution in [0.5, 0.6) is 17.2 Å². The van der Waals surface area contributed by atoms with Crippen LogP contribution in [0, 0.1) is 0 Å². The molecule has 2 aromatic carbocycles. The lowest BCUT2D eigenvalue weighted by Crippen LogP contribution is -2.31. The predicted molar refractivity (Wildman–Crippen MR) is 88.6 cm³/mol. The van der Waals surface area contributed by atoms with Gasteiger partial charge < -0.3 is 19.5 Å². The van der Waals surface area contributed by atoms with Gasteiger partial charge in [-0.1, -0.05) is 17.3 Å². The molecule has 0 radical (unpaired) electrons. The quantitative estimate of drug-likeness (QED) is 0.682. The molecule has 0 fully saturated rings. The summed E-state index contributed by atoms with van der Waals surface area (Å²) in [4.78, 5) is 12.0. The maximum absolute atomic E-state index is 12.0. The molecule has 8 heteroatoms. The molecule has 1 aliphatic rings. The highest BCUT2D eigenvalue weighted by atomic mass is 16.7. The first-order valence-corrected chi connectivity index (χ1v) is 7.87. The number of nitrogens with one attached hydrogen (secondary N) is 1. The molecule has 1 aliphatic heterocycles. The normalized spacial score (nSPS) is 12.3. The van der Waals surface area contributed by atoms with Crippen LogP contribution in [0.25, 0.3) is 11.0 Å². The number of fused-ring (bicyclic) bond motifs is 2. The van der Waals surface area contributed by atoms with Crippen molar-refractivity contribution < 1.29 is 19.0 Å². The van der Waals surface area contributed by atoms with Crippen molar-refractivity contribution in [3.63, 3.8) is 0 Å². The fraction of sp³-hybridized carbons (Fsp3) is 0.235. The summed E-state index contributed by atoms with van der Waals surface area (Å²) in [7, 11) is 0. The molecular weight excluding hydrogens is 324 g/mol. The van der Waals surface area contributed by atoms with Crippen LogP contribution in [0.15, 0.2) is 42.5 Å². The number of amides is 1. The van der Waals surface area contributed by atoms with E-state index in [9.17, 15) is 4.79 Å².